The highest BCUT2D eigenvalue weighted by Gasteiger charge is 2.18. The van der Waals surface area contributed by atoms with Gasteiger partial charge in [0.05, 0.1) is 32.5 Å². The molecule has 0 aliphatic rings. The van der Waals surface area contributed by atoms with Gasteiger partial charge in [-0.05, 0) is 57.9 Å². The molecular weight excluding hydrogens is 424 g/mol. The van der Waals surface area contributed by atoms with E-state index in [1.165, 1.54) is 0 Å². The second kappa shape index (κ2) is 6.58. The van der Waals surface area contributed by atoms with Gasteiger partial charge in [0.15, 0.2) is 5.36 Å². The molecule has 0 unspecified atom stereocenters. The second-order valence-electron chi connectivity index (χ2n) is 7.94. The number of hydrogen-bond acceptors (Lipinski definition) is 7. The van der Waals surface area contributed by atoms with Gasteiger partial charge in [-0.15, -0.1) is 4.95 Å². The van der Waals surface area contributed by atoms with Gasteiger partial charge in [0.25, 0.3) is 0 Å². The molecule has 0 fully saturated rings. The molecule has 0 aliphatic carbocycles. The van der Waals surface area contributed by atoms with Crippen molar-refractivity contribution in [1.82, 2.24) is 19.9 Å². The molecule has 8 nitrogen and oxygen atoms in total. The average molecular weight is 434 g/mol. The molecule has 0 N–H and O–H groups in total. The van der Waals surface area contributed by atoms with E-state index >= 15 is 0 Å². The van der Waals surface area contributed by atoms with E-state index in [1.807, 2.05) is 42.6 Å². The van der Waals surface area contributed by atoms with Gasteiger partial charge in [0.2, 0.25) is 6.19 Å². The van der Waals surface area contributed by atoms with E-state index in [0.717, 1.165) is 65.2 Å². The Morgan fingerprint density at radius 3 is 1.44 bits per heavy atom. The van der Waals surface area contributed by atoms with Crippen LogP contribution in [0.15, 0.2) is 71.3 Å². The van der Waals surface area contributed by atoms with Crippen LogP contribution in [0.4, 0.5) is 0 Å². The largest absolute Gasteiger partial charge is 0.253 e. The summed E-state index contributed by atoms with van der Waals surface area (Å²) in [6.45, 7) is 7.40. The van der Waals surface area contributed by atoms with Crippen molar-refractivity contribution in [3.05, 3.63) is 83.4 Å². The van der Waals surface area contributed by atoms with Crippen molar-refractivity contribution in [3.8, 4) is 6.19 Å². The molecular formula is C26H10N8. The second-order valence-corrected chi connectivity index (χ2v) is 7.94. The van der Waals surface area contributed by atoms with Crippen molar-refractivity contribution in [3.63, 3.8) is 0 Å². The Hall–Kier alpha value is -5.34. The highest BCUT2D eigenvalue weighted by molar-refractivity contribution is 6.23. The number of nitrogens with zero attached hydrogens (tertiary/aromatic N) is 8. The Bertz CT molecular complexity index is 2040. The highest BCUT2D eigenvalue weighted by atomic mass is 15.2. The smallest absolute Gasteiger partial charge is 0.206 e. The summed E-state index contributed by atoms with van der Waals surface area (Å²) in [6, 6.07) is 11.8. The van der Waals surface area contributed by atoms with Gasteiger partial charge in [0, 0.05) is 46.3 Å². The Balaban J connectivity index is 1.76. The van der Waals surface area contributed by atoms with Crippen LogP contribution in [0.2, 0.25) is 0 Å². The van der Waals surface area contributed by atoms with Crippen molar-refractivity contribution >= 4 is 65.2 Å². The van der Waals surface area contributed by atoms with Gasteiger partial charge in [-0.1, -0.05) is 0 Å². The molecule has 7 rings (SSSR count). The van der Waals surface area contributed by atoms with Crippen LogP contribution >= 0.6 is 0 Å². The fourth-order valence-corrected chi connectivity index (χ4v) is 4.91. The molecule has 0 amide bonds. The molecule has 7 aromatic rings. The zero-order valence-electron chi connectivity index (χ0n) is 17.4. The molecule has 0 atom stereocenters. The van der Waals surface area contributed by atoms with Gasteiger partial charge in [0.1, 0.15) is 0 Å². The Morgan fingerprint density at radius 1 is 0.588 bits per heavy atom. The van der Waals surface area contributed by atoms with E-state index in [4.69, 9.17) is 6.57 Å². The number of hydrogen-bond donors (Lipinski definition) is 0. The summed E-state index contributed by atoms with van der Waals surface area (Å²) in [6.07, 6.45) is 8.55. The molecule has 5 aromatic carbocycles. The lowest BCUT2D eigenvalue weighted by molar-refractivity contribution is 1.30. The number of nitriles is 1. The van der Waals surface area contributed by atoms with Crippen LogP contribution < -0.4 is 10.7 Å². The lowest BCUT2D eigenvalue weighted by atomic mass is 10.1. The molecule has 0 aliphatic heterocycles. The third kappa shape index (κ3) is 2.34. The summed E-state index contributed by atoms with van der Waals surface area (Å²) in [5.41, 5.74) is 2.99. The molecule has 2 heterocycles. The standard InChI is InChI=1S/C26H10N8/c1-28-34-26-18-7-13-15-8-21-23(31-4-2-29-21)10-19(15)25(33-12-27)17(13)6-14(18)16-9-22-24(11-20(16)26)32-5-3-30-22/h2-11H. The van der Waals surface area contributed by atoms with E-state index in [0.29, 0.717) is 10.7 Å². The third-order valence-electron chi connectivity index (χ3n) is 6.29. The van der Waals surface area contributed by atoms with Gasteiger partial charge in [-0.3, -0.25) is 19.9 Å². The van der Waals surface area contributed by atoms with Crippen molar-refractivity contribution < 1.29 is 0 Å². The molecule has 154 valence electrons. The van der Waals surface area contributed by atoms with Gasteiger partial charge >= 0.3 is 0 Å². The van der Waals surface area contributed by atoms with E-state index in [9.17, 15) is 5.26 Å². The van der Waals surface area contributed by atoms with Crippen LogP contribution in [0.25, 0.3) is 70.1 Å². The first-order valence-electron chi connectivity index (χ1n) is 10.4. The Morgan fingerprint density at radius 2 is 0.971 bits per heavy atom. The third-order valence-corrected chi connectivity index (χ3v) is 6.29. The highest BCUT2D eigenvalue weighted by Crippen LogP contribution is 2.34. The quantitative estimate of drug-likeness (QED) is 0.202. The first-order valence-corrected chi connectivity index (χ1v) is 10.4. The Kier molecular flexibility index (Phi) is 3.53. The van der Waals surface area contributed by atoms with Crippen LogP contribution in [-0.4, -0.2) is 19.9 Å². The zero-order valence-corrected chi connectivity index (χ0v) is 17.4. The molecule has 0 bridgehead atoms. The van der Waals surface area contributed by atoms with Crippen LogP contribution in [-0.2, 0) is 0 Å². The molecule has 0 spiro atoms. The van der Waals surface area contributed by atoms with Crippen LogP contribution in [0.3, 0.4) is 0 Å². The minimum absolute atomic E-state index is 0.598. The zero-order chi connectivity index (χ0) is 22.8. The summed E-state index contributed by atoms with van der Waals surface area (Å²) in [5, 5.41) is 21.8. The van der Waals surface area contributed by atoms with Gasteiger partial charge < -0.3 is 0 Å². The predicted molar refractivity (Wildman–Crippen MR) is 128 cm³/mol. The van der Waals surface area contributed by atoms with E-state index < -0.39 is 0 Å². The molecule has 34 heavy (non-hydrogen) atoms. The Labute approximate surface area is 190 Å². The average Bonchev–Trinajstić information content (AvgIpc) is 3.32. The monoisotopic (exact) mass is 434 g/mol. The lowest BCUT2D eigenvalue weighted by Gasteiger charge is -1.98. The first-order chi connectivity index (χ1) is 16.8. The van der Waals surface area contributed by atoms with Crippen LogP contribution in [0.5, 0.6) is 0 Å². The van der Waals surface area contributed by atoms with Crippen molar-refractivity contribution in [1.29, 1.82) is 5.26 Å². The van der Waals surface area contributed by atoms with E-state index in [2.05, 4.69) is 35.0 Å². The number of rotatable bonds is 0. The predicted octanol–water partition coefficient (Wildman–Crippen LogP) is 4.18. The SMILES string of the molecule is [C-]#[N+]N=c1c2cc3nccnc3cc2c2cc3c(=NC#N)c4cc5nccnc5cc4c3cc12. The van der Waals surface area contributed by atoms with Crippen molar-refractivity contribution in [2.24, 2.45) is 10.1 Å². The van der Waals surface area contributed by atoms with E-state index in [1.54, 1.807) is 24.8 Å². The number of benzene rings is 3. The maximum absolute atomic E-state index is 9.44. The van der Waals surface area contributed by atoms with E-state index in [-0.39, 0.29) is 0 Å². The summed E-state index contributed by atoms with van der Waals surface area (Å²) < 4.78 is 0. The first kappa shape index (κ1) is 18.3. The summed E-state index contributed by atoms with van der Waals surface area (Å²) >= 11 is 0. The molecule has 0 saturated heterocycles. The minimum atomic E-state index is 0.598. The maximum atomic E-state index is 9.44. The topological polar surface area (TPSA) is 104 Å². The van der Waals surface area contributed by atoms with Crippen molar-refractivity contribution in [2.45, 2.75) is 0 Å². The maximum Gasteiger partial charge on any atom is 0.206 e. The number of fused-ring (bicyclic) bond motifs is 8. The van der Waals surface area contributed by atoms with Crippen LogP contribution in [0, 0.1) is 18.0 Å². The summed E-state index contributed by atoms with van der Waals surface area (Å²) in [7, 11) is 0. The lowest BCUT2D eigenvalue weighted by Crippen LogP contribution is -1.99. The molecule has 0 radical (unpaired) electrons. The minimum Gasteiger partial charge on any atom is -0.253 e. The fraction of sp³-hybridized carbons (Fsp3) is 0. The normalized spacial score (nSPS) is 13.0. The summed E-state index contributed by atoms with van der Waals surface area (Å²) in [5.74, 6) is 0. The fourth-order valence-electron chi connectivity index (χ4n) is 4.91. The summed E-state index contributed by atoms with van der Waals surface area (Å²) in [4.78, 5) is 25.2. The molecule has 0 saturated carbocycles. The van der Waals surface area contributed by atoms with Crippen molar-refractivity contribution in [2.75, 3.05) is 0 Å². The van der Waals surface area contributed by atoms with Gasteiger partial charge in [-0.25, -0.2) is 0 Å². The van der Waals surface area contributed by atoms with Crippen LogP contribution in [0.1, 0.15) is 0 Å². The molecule has 2 aromatic heterocycles. The molecule has 8 heteroatoms. The number of aromatic nitrogens is 4. The van der Waals surface area contributed by atoms with Gasteiger partial charge in [-0.2, -0.15) is 16.8 Å².